The SMILES string of the molecule is C=CC(=O)N(c1ccc(C(C)OC)cc1)C(C(=O)Nc1c(C)cccc1CC)c1cccnc1. The van der Waals surface area contributed by atoms with Gasteiger partial charge in [0.05, 0.1) is 6.10 Å². The number of pyridine rings is 1. The predicted molar refractivity (Wildman–Crippen MR) is 136 cm³/mol. The maximum Gasteiger partial charge on any atom is 0.252 e. The van der Waals surface area contributed by atoms with Crippen molar-refractivity contribution in [2.24, 2.45) is 0 Å². The normalized spacial score (nSPS) is 12.5. The lowest BCUT2D eigenvalue weighted by Crippen LogP contribution is -2.41. The van der Waals surface area contributed by atoms with E-state index in [0.717, 1.165) is 28.8 Å². The molecule has 2 aromatic carbocycles. The third-order valence-electron chi connectivity index (χ3n) is 5.90. The highest BCUT2D eigenvalue weighted by Gasteiger charge is 2.32. The summed E-state index contributed by atoms with van der Waals surface area (Å²) in [6.45, 7) is 9.61. The van der Waals surface area contributed by atoms with Gasteiger partial charge in [-0.25, -0.2) is 0 Å². The van der Waals surface area contributed by atoms with Crippen LogP contribution in [0.4, 0.5) is 11.4 Å². The molecule has 1 heterocycles. The number of rotatable bonds is 9. The van der Waals surface area contributed by atoms with Gasteiger partial charge in [0, 0.05) is 36.4 Å². The van der Waals surface area contributed by atoms with Gasteiger partial charge in [0.15, 0.2) is 0 Å². The minimum absolute atomic E-state index is 0.0939. The molecule has 34 heavy (non-hydrogen) atoms. The minimum atomic E-state index is -0.950. The quantitative estimate of drug-likeness (QED) is 0.427. The number of para-hydroxylation sites is 1. The van der Waals surface area contributed by atoms with Crippen LogP contribution in [0.3, 0.4) is 0 Å². The van der Waals surface area contributed by atoms with E-state index in [2.05, 4.69) is 16.9 Å². The summed E-state index contributed by atoms with van der Waals surface area (Å²) < 4.78 is 5.39. The molecular weight excluding hydrogens is 426 g/mol. The summed E-state index contributed by atoms with van der Waals surface area (Å²) >= 11 is 0. The molecule has 0 radical (unpaired) electrons. The Morgan fingerprint density at radius 1 is 1.12 bits per heavy atom. The molecule has 0 aliphatic carbocycles. The number of hydrogen-bond donors (Lipinski definition) is 1. The second-order valence-corrected chi connectivity index (χ2v) is 8.02. The van der Waals surface area contributed by atoms with E-state index in [9.17, 15) is 9.59 Å². The minimum Gasteiger partial charge on any atom is -0.377 e. The predicted octanol–water partition coefficient (Wildman–Crippen LogP) is 5.56. The molecule has 0 fully saturated rings. The van der Waals surface area contributed by atoms with Gasteiger partial charge in [-0.3, -0.25) is 19.5 Å². The molecule has 2 amide bonds. The van der Waals surface area contributed by atoms with Crippen molar-refractivity contribution in [2.45, 2.75) is 39.3 Å². The van der Waals surface area contributed by atoms with Crippen LogP contribution in [-0.2, 0) is 20.7 Å². The molecule has 1 aromatic heterocycles. The van der Waals surface area contributed by atoms with Crippen molar-refractivity contribution in [3.8, 4) is 0 Å². The Labute approximate surface area is 201 Å². The molecule has 0 bridgehead atoms. The topological polar surface area (TPSA) is 71.5 Å². The fourth-order valence-electron chi connectivity index (χ4n) is 3.89. The maximum atomic E-state index is 13.8. The number of carbonyl (C=O) groups excluding carboxylic acids is 2. The summed E-state index contributed by atoms with van der Waals surface area (Å²) in [7, 11) is 1.64. The Balaban J connectivity index is 2.09. The first-order valence-corrected chi connectivity index (χ1v) is 11.3. The third-order valence-corrected chi connectivity index (χ3v) is 5.90. The number of amides is 2. The second kappa shape index (κ2) is 11.4. The number of ether oxygens (including phenoxy) is 1. The number of carbonyl (C=O) groups is 2. The van der Waals surface area contributed by atoms with Crippen LogP contribution in [0.2, 0.25) is 0 Å². The Hall–Kier alpha value is -3.77. The molecule has 1 N–H and O–H groups in total. The molecular formula is C28H31N3O3. The zero-order valence-corrected chi connectivity index (χ0v) is 20.1. The summed E-state index contributed by atoms with van der Waals surface area (Å²) in [4.78, 5) is 32.6. The van der Waals surface area contributed by atoms with E-state index in [1.54, 1.807) is 31.6 Å². The van der Waals surface area contributed by atoms with E-state index in [1.807, 2.05) is 63.2 Å². The van der Waals surface area contributed by atoms with Crippen molar-refractivity contribution in [3.05, 3.63) is 102 Å². The monoisotopic (exact) mass is 457 g/mol. The number of hydrogen-bond acceptors (Lipinski definition) is 4. The molecule has 0 spiro atoms. The Morgan fingerprint density at radius 3 is 2.44 bits per heavy atom. The zero-order chi connectivity index (χ0) is 24.7. The van der Waals surface area contributed by atoms with Gasteiger partial charge >= 0.3 is 0 Å². The van der Waals surface area contributed by atoms with Gasteiger partial charge in [0.25, 0.3) is 11.8 Å². The Bertz CT molecular complexity index is 1140. The van der Waals surface area contributed by atoms with Crippen LogP contribution in [0.1, 0.15) is 48.2 Å². The lowest BCUT2D eigenvalue weighted by atomic mass is 10.0. The maximum absolute atomic E-state index is 13.8. The smallest absolute Gasteiger partial charge is 0.252 e. The Morgan fingerprint density at radius 2 is 1.85 bits per heavy atom. The zero-order valence-electron chi connectivity index (χ0n) is 20.1. The van der Waals surface area contributed by atoms with Crippen LogP contribution in [0.5, 0.6) is 0 Å². The molecule has 3 rings (SSSR count). The first kappa shape index (κ1) is 24.9. The van der Waals surface area contributed by atoms with Crippen LogP contribution in [0.25, 0.3) is 0 Å². The highest BCUT2D eigenvalue weighted by atomic mass is 16.5. The molecule has 0 aliphatic rings. The number of nitrogens with one attached hydrogen (secondary N) is 1. The average molecular weight is 458 g/mol. The highest BCUT2D eigenvalue weighted by molar-refractivity contribution is 6.09. The van der Waals surface area contributed by atoms with E-state index in [1.165, 1.54) is 11.0 Å². The molecule has 3 aromatic rings. The van der Waals surface area contributed by atoms with E-state index in [4.69, 9.17) is 4.74 Å². The number of benzene rings is 2. The van der Waals surface area contributed by atoms with E-state index >= 15 is 0 Å². The molecule has 2 atom stereocenters. The molecule has 6 nitrogen and oxygen atoms in total. The van der Waals surface area contributed by atoms with Crippen LogP contribution in [0.15, 0.2) is 79.6 Å². The van der Waals surface area contributed by atoms with Gasteiger partial charge in [-0.15, -0.1) is 0 Å². The van der Waals surface area contributed by atoms with Crippen LogP contribution in [0, 0.1) is 6.92 Å². The van der Waals surface area contributed by atoms with Crippen LogP contribution < -0.4 is 10.2 Å². The first-order chi connectivity index (χ1) is 16.4. The van der Waals surface area contributed by atoms with Crippen molar-refractivity contribution < 1.29 is 14.3 Å². The summed E-state index contributed by atoms with van der Waals surface area (Å²) in [6.07, 6.45) is 5.13. The molecule has 0 saturated heterocycles. The van der Waals surface area contributed by atoms with Crippen LogP contribution in [-0.4, -0.2) is 23.9 Å². The fourth-order valence-corrected chi connectivity index (χ4v) is 3.89. The second-order valence-electron chi connectivity index (χ2n) is 8.02. The van der Waals surface area contributed by atoms with Crippen molar-refractivity contribution in [2.75, 3.05) is 17.3 Å². The van der Waals surface area contributed by atoms with Crippen molar-refractivity contribution in [1.82, 2.24) is 4.98 Å². The lowest BCUT2D eigenvalue weighted by molar-refractivity contribution is -0.121. The number of anilines is 2. The summed E-state index contributed by atoms with van der Waals surface area (Å²) in [5.74, 6) is -0.724. The van der Waals surface area contributed by atoms with Crippen molar-refractivity contribution in [3.63, 3.8) is 0 Å². The number of nitrogens with zero attached hydrogens (tertiary/aromatic N) is 2. The van der Waals surface area contributed by atoms with E-state index < -0.39 is 11.9 Å². The van der Waals surface area contributed by atoms with Gasteiger partial charge in [0.2, 0.25) is 0 Å². The first-order valence-electron chi connectivity index (χ1n) is 11.3. The van der Waals surface area contributed by atoms with Crippen LogP contribution >= 0.6 is 0 Å². The summed E-state index contributed by atoms with van der Waals surface area (Å²) in [5.41, 5.74) is 4.87. The fraction of sp³-hybridized carbons (Fsp3) is 0.250. The van der Waals surface area contributed by atoms with Gasteiger partial charge in [-0.2, -0.15) is 0 Å². The standard InChI is InChI=1S/C28H31N3O3/c1-6-21-11-8-10-19(3)26(21)30-28(33)27(23-12-9-17-29-18-23)31(25(32)7-2)24-15-13-22(14-16-24)20(4)34-5/h7-18,20,27H,2,6H2,1,3-5H3,(H,30,33). The van der Waals surface area contributed by atoms with E-state index in [-0.39, 0.29) is 12.0 Å². The molecule has 176 valence electrons. The summed E-state index contributed by atoms with van der Waals surface area (Å²) in [6, 6.07) is 15.9. The lowest BCUT2D eigenvalue weighted by Gasteiger charge is -2.31. The van der Waals surface area contributed by atoms with Crippen molar-refractivity contribution in [1.29, 1.82) is 0 Å². The van der Waals surface area contributed by atoms with Gasteiger partial charge in [-0.05, 0) is 61.2 Å². The summed E-state index contributed by atoms with van der Waals surface area (Å²) in [5, 5.41) is 3.08. The average Bonchev–Trinajstić information content (AvgIpc) is 2.88. The van der Waals surface area contributed by atoms with E-state index in [0.29, 0.717) is 11.3 Å². The molecule has 0 aliphatic heterocycles. The van der Waals surface area contributed by atoms with Gasteiger partial charge < -0.3 is 10.1 Å². The molecule has 2 unspecified atom stereocenters. The van der Waals surface area contributed by atoms with Gasteiger partial charge in [0.1, 0.15) is 6.04 Å². The third kappa shape index (κ3) is 5.41. The van der Waals surface area contributed by atoms with Crippen molar-refractivity contribution >= 4 is 23.2 Å². The number of methoxy groups -OCH3 is 1. The highest BCUT2D eigenvalue weighted by Crippen LogP contribution is 2.31. The molecule has 0 saturated carbocycles. The number of aromatic nitrogens is 1. The largest absolute Gasteiger partial charge is 0.377 e. The Kier molecular flexibility index (Phi) is 8.33. The number of aryl methyl sites for hydroxylation is 2. The molecule has 6 heteroatoms. The van der Waals surface area contributed by atoms with Gasteiger partial charge in [-0.1, -0.05) is 49.9 Å².